The number of halogens is 1. The lowest BCUT2D eigenvalue weighted by Crippen LogP contribution is -2.36. The number of hydrogen-bond donors (Lipinski definition) is 0. The number of benzene rings is 2. The Hall–Kier alpha value is -2.05. The lowest BCUT2D eigenvalue weighted by molar-refractivity contribution is 0.0985. The maximum Gasteiger partial charge on any atom is 0.260 e. The van der Waals surface area contributed by atoms with Crippen LogP contribution >= 0.6 is 23.7 Å². The van der Waals surface area contributed by atoms with E-state index in [1.165, 1.54) is 34.4 Å². The number of sulfone groups is 2. The zero-order valence-electron chi connectivity index (χ0n) is 19.5. The number of anilines is 1. The van der Waals surface area contributed by atoms with Crippen molar-refractivity contribution in [2.75, 3.05) is 38.3 Å². The van der Waals surface area contributed by atoms with Crippen molar-refractivity contribution < 1.29 is 21.6 Å². The molecule has 0 saturated carbocycles. The molecule has 34 heavy (non-hydrogen) atoms. The Labute approximate surface area is 210 Å². The van der Waals surface area contributed by atoms with E-state index in [9.17, 15) is 21.6 Å². The van der Waals surface area contributed by atoms with Crippen LogP contribution < -0.4 is 4.90 Å². The summed E-state index contributed by atoms with van der Waals surface area (Å²) in [5.74, 6) is -0.375. The quantitative estimate of drug-likeness (QED) is 0.426. The van der Waals surface area contributed by atoms with Crippen LogP contribution in [0.4, 0.5) is 5.13 Å². The molecule has 0 unspecified atom stereocenters. The van der Waals surface area contributed by atoms with Crippen LogP contribution in [0, 0.1) is 0 Å². The fraction of sp³-hybridized carbons (Fsp3) is 0.364. The van der Waals surface area contributed by atoms with Gasteiger partial charge in [0.2, 0.25) is 0 Å². The van der Waals surface area contributed by atoms with Crippen molar-refractivity contribution in [3.05, 3.63) is 48.0 Å². The number of aromatic nitrogens is 1. The molecule has 0 saturated heterocycles. The minimum atomic E-state index is -3.54. The summed E-state index contributed by atoms with van der Waals surface area (Å²) in [6.07, 6.45) is 1.14. The lowest BCUT2D eigenvalue weighted by Gasteiger charge is -2.22. The Morgan fingerprint density at radius 2 is 1.68 bits per heavy atom. The molecule has 0 atom stereocenters. The van der Waals surface area contributed by atoms with Crippen molar-refractivity contribution in [2.45, 2.75) is 28.9 Å². The largest absolute Gasteiger partial charge is 0.308 e. The first kappa shape index (κ1) is 28.2. The molecule has 1 amide bonds. The van der Waals surface area contributed by atoms with Gasteiger partial charge >= 0.3 is 0 Å². The van der Waals surface area contributed by atoms with Gasteiger partial charge in [-0.05, 0) is 64.3 Å². The molecule has 1 heterocycles. The highest BCUT2D eigenvalue weighted by Crippen LogP contribution is 2.31. The monoisotopic (exact) mass is 545 g/mol. The Morgan fingerprint density at radius 1 is 1.00 bits per heavy atom. The SMILES string of the molecule is CC(C)S(=O)(=O)c1cccc(C(=O)N(CCN(C)C)c2nc3ccc(S(C)(=O)=O)cc3s2)c1.Cl. The zero-order chi connectivity index (χ0) is 24.6. The van der Waals surface area contributed by atoms with E-state index in [0.717, 1.165) is 6.26 Å². The summed E-state index contributed by atoms with van der Waals surface area (Å²) in [5, 5.41) is -0.194. The van der Waals surface area contributed by atoms with Gasteiger partial charge in [0.25, 0.3) is 5.91 Å². The van der Waals surface area contributed by atoms with Gasteiger partial charge < -0.3 is 4.90 Å². The molecule has 0 fully saturated rings. The fourth-order valence-corrected chi connectivity index (χ4v) is 5.91. The third kappa shape index (κ3) is 6.14. The first-order valence-corrected chi connectivity index (χ1v) is 14.5. The lowest BCUT2D eigenvalue weighted by atomic mass is 10.2. The number of thiazole rings is 1. The molecule has 1 aromatic heterocycles. The predicted molar refractivity (Wildman–Crippen MR) is 139 cm³/mol. The van der Waals surface area contributed by atoms with Crippen LogP contribution in [-0.4, -0.2) is 71.3 Å². The number of amides is 1. The Kier molecular flexibility index (Phi) is 8.87. The molecule has 186 valence electrons. The number of carbonyl (C=O) groups is 1. The van der Waals surface area contributed by atoms with Gasteiger partial charge in [0.15, 0.2) is 24.8 Å². The molecular weight excluding hydrogens is 518 g/mol. The van der Waals surface area contributed by atoms with E-state index in [1.807, 2.05) is 19.0 Å². The van der Waals surface area contributed by atoms with Crippen molar-refractivity contribution in [3.63, 3.8) is 0 Å². The van der Waals surface area contributed by atoms with Crippen LogP contribution in [-0.2, 0) is 19.7 Å². The van der Waals surface area contributed by atoms with E-state index < -0.39 is 24.9 Å². The van der Waals surface area contributed by atoms with E-state index in [0.29, 0.717) is 28.4 Å². The number of nitrogens with zero attached hydrogens (tertiary/aromatic N) is 3. The highest BCUT2D eigenvalue weighted by Gasteiger charge is 2.25. The van der Waals surface area contributed by atoms with Crippen LogP contribution in [0.25, 0.3) is 10.2 Å². The third-order valence-corrected chi connectivity index (χ3v) is 9.36. The van der Waals surface area contributed by atoms with Gasteiger partial charge in [0, 0.05) is 24.9 Å². The summed E-state index contributed by atoms with van der Waals surface area (Å²) in [6, 6.07) is 10.7. The average molecular weight is 546 g/mol. The first-order chi connectivity index (χ1) is 15.3. The topological polar surface area (TPSA) is 105 Å². The highest BCUT2D eigenvalue weighted by atomic mass is 35.5. The second kappa shape index (κ2) is 10.7. The number of carbonyl (C=O) groups excluding carboxylic acids is 1. The van der Waals surface area contributed by atoms with E-state index >= 15 is 0 Å². The number of rotatable bonds is 8. The van der Waals surface area contributed by atoms with Gasteiger partial charge in [-0.1, -0.05) is 17.4 Å². The average Bonchev–Trinajstić information content (AvgIpc) is 3.15. The Balaban J connectivity index is 0.00000408. The summed E-state index contributed by atoms with van der Waals surface area (Å²) < 4.78 is 49.7. The molecule has 3 rings (SSSR count). The molecule has 8 nitrogen and oxygen atoms in total. The summed E-state index contributed by atoms with van der Waals surface area (Å²) in [5.41, 5.74) is 0.827. The third-order valence-electron chi connectivity index (χ3n) is 5.05. The second-order valence-corrected chi connectivity index (χ2v) is 13.8. The number of hydrogen-bond acceptors (Lipinski definition) is 8. The van der Waals surface area contributed by atoms with Crippen molar-refractivity contribution in [1.29, 1.82) is 0 Å². The number of fused-ring (bicyclic) bond motifs is 1. The van der Waals surface area contributed by atoms with Gasteiger partial charge in [-0.15, -0.1) is 12.4 Å². The molecule has 0 spiro atoms. The molecule has 12 heteroatoms. The van der Waals surface area contributed by atoms with Crippen molar-refractivity contribution in [1.82, 2.24) is 9.88 Å². The molecule has 0 radical (unpaired) electrons. The highest BCUT2D eigenvalue weighted by molar-refractivity contribution is 7.92. The molecule has 0 aliphatic heterocycles. The summed E-state index contributed by atoms with van der Waals surface area (Å²) >= 11 is 1.22. The maximum absolute atomic E-state index is 13.5. The van der Waals surface area contributed by atoms with Crippen LogP contribution in [0.2, 0.25) is 0 Å². The zero-order valence-corrected chi connectivity index (χ0v) is 22.8. The second-order valence-electron chi connectivity index (χ2n) is 8.28. The fourth-order valence-electron chi connectivity index (χ4n) is 3.06. The van der Waals surface area contributed by atoms with Crippen LogP contribution in [0.15, 0.2) is 52.3 Å². The molecule has 3 aromatic rings. The van der Waals surface area contributed by atoms with Gasteiger partial charge in [-0.3, -0.25) is 9.69 Å². The smallest absolute Gasteiger partial charge is 0.260 e. The normalized spacial score (nSPS) is 12.2. The molecular formula is C22H28ClN3O5S3. The standard InChI is InChI=1S/C22H27N3O5S3.ClH/c1-15(2)33(29,30)18-8-6-7-16(13-18)21(26)25(12-11-24(3)4)22-23-19-10-9-17(32(5,27)28)14-20(19)31-22;/h6-10,13-15H,11-12H2,1-5H3;1H. The summed E-state index contributed by atoms with van der Waals surface area (Å²) in [6.45, 7) is 4.07. The van der Waals surface area contributed by atoms with Crippen molar-refractivity contribution >= 4 is 64.7 Å². The molecule has 0 N–H and O–H groups in total. The van der Waals surface area contributed by atoms with E-state index in [-0.39, 0.29) is 33.7 Å². The van der Waals surface area contributed by atoms with E-state index in [4.69, 9.17) is 0 Å². The van der Waals surface area contributed by atoms with Crippen LogP contribution in [0.5, 0.6) is 0 Å². The van der Waals surface area contributed by atoms with Crippen LogP contribution in [0.1, 0.15) is 24.2 Å². The Bertz CT molecular complexity index is 1400. The molecule has 0 bridgehead atoms. The van der Waals surface area contributed by atoms with E-state index in [2.05, 4.69) is 4.98 Å². The van der Waals surface area contributed by atoms with Crippen molar-refractivity contribution in [3.8, 4) is 0 Å². The Morgan fingerprint density at radius 3 is 2.26 bits per heavy atom. The van der Waals surface area contributed by atoms with Gasteiger partial charge in [0.05, 0.1) is 25.3 Å². The summed E-state index contributed by atoms with van der Waals surface area (Å²) in [7, 11) is -3.15. The molecule has 0 aliphatic carbocycles. The first-order valence-electron chi connectivity index (χ1n) is 10.2. The molecule has 0 aliphatic rings. The number of likely N-dealkylation sites (N-methyl/N-ethyl adjacent to an activating group) is 1. The maximum atomic E-state index is 13.5. The predicted octanol–water partition coefficient (Wildman–Crippen LogP) is 3.51. The van der Waals surface area contributed by atoms with Crippen molar-refractivity contribution in [2.24, 2.45) is 0 Å². The minimum absolute atomic E-state index is 0. The minimum Gasteiger partial charge on any atom is -0.308 e. The van der Waals surface area contributed by atoms with Crippen LogP contribution in [0.3, 0.4) is 0 Å². The van der Waals surface area contributed by atoms with Gasteiger partial charge in [0.1, 0.15) is 0 Å². The van der Waals surface area contributed by atoms with Gasteiger partial charge in [-0.25, -0.2) is 21.8 Å². The van der Waals surface area contributed by atoms with Gasteiger partial charge in [-0.2, -0.15) is 0 Å². The molecule has 2 aromatic carbocycles. The summed E-state index contributed by atoms with van der Waals surface area (Å²) in [4.78, 5) is 21.8. The van der Waals surface area contributed by atoms with E-state index in [1.54, 1.807) is 38.1 Å².